The molecular weight excluding hydrogens is 316 g/mol. The molecule has 0 unspecified atom stereocenters. The number of aryl methyl sites for hydroxylation is 1. The number of aromatic nitrogens is 1. The summed E-state index contributed by atoms with van der Waals surface area (Å²) in [5.74, 6) is 1.21. The maximum Gasteiger partial charge on any atom is 0.257 e. The molecule has 2 heterocycles. The van der Waals surface area contributed by atoms with E-state index in [0.29, 0.717) is 23.6 Å². The van der Waals surface area contributed by atoms with Gasteiger partial charge in [0.05, 0.1) is 6.04 Å². The van der Waals surface area contributed by atoms with Gasteiger partial charge >= 0.3 is 0 Å². The molecule has 0 saturated heterocycles. The lowest BCUT2D eigenvalue weighted by atomic mass is 10.0. The third kappa shape index (κ3) is 3.01. The first-order chi connectivity index (χ1) is 12.2. The van der Waals surface area contributed by atoms with Gasteiger partial charge in [0.15, 0.2) is 0 Å². The molecular formula is C20H18N2O3. The van der Waals surface area contributed by atoms with E-state index in [0.717, 1.165) is 23.3 Å². The highest BCUT2D eigenvalue weighted by molar-refractivity contribution is 6.00. The van der Waals surface area contributed by atoms with Gasteiger partial charge in [0.1, 0.15) is 29.4 Å². The molecule has 0 spiro atoms. The second-order valence-corrected chi connectivity index (χ2v) is 6.12. The highest BCUT2D eigenvalue weighted by Gasteiger charge is 2.26. The Morgan fingerprint density at radius 2 is 1.88 bits per heavy atom. The minimum atomic E-state index is -0.189. The number of carbonyl (C=O) groups excluding carboxylic acids is 1. The normalized spacial score (nSPS) is 16.0. The number of carbonyl (C=O) groups is 1. The lowest BCUT2D eigenvalue weighted by Gasteiger charge is -2.26. The molecule has 0 bridgehead atoms. The summed E-state index contributed by atoms with van der Waals surface area (Å²) in [5.41, 5.74) is 3.00. The Bertz CT molecular complexity index is 902. The average Bonchev–Trinajstić information content (AvgIpc) is 3.04. The summed E-state index contributed by atoms with van der Waals surface area (Å²) >= 11 is 0. The number of nitrogens with one attached hydrogen (secondary N) is 1. The van der Waals surface area contributed by atoms with Gasteiger partial charge in [-0.15, -0.1) is 0 Å². The predicted octanol–water partition coefficient (Wildman–Crippen LogP) is 3.38. The Morgan fingerprint density at radius 1 is 1.12 bits per heavy atom. The molecule has 1 aliphatic rings. The number of nitrogens with zero attached hydrogens (tertiary/aromatic N) is 1. The lowest BCUT2D eigenvalue weighted by molar-refractivity contribution is 0.0914. The molecule has 25 heavy (non-hydrogen) atoms. The SMILES string of the molecule is Cc1onc(-c2ccccc2)c1C(=O)N[C@H]1COc2ccccc2C1. The molecule has 126 valence electrons. The standard InChI is InChI=1S/C20H18N2O3/c1-13-18(19(22-25-13)14-7-3-2-4-8-14)20(23)21-16-11-15-9-5-6-10-17(15)24-12-16/h2-10,16H,11-12H2,1H3,(H,21,23)/t16-/m1/s1. The second kappa shape index (κ2) is 6.43. The third-order valence-corrected chi connectivity index (χ3v) is 4.35. The van der Waals surface area contributed by atoms with Gasteiger partial charge in [-0.05, 0) is 25.0 Å². The van der Waals surface area contributed by atoms with Crippen molar-refractivity contribution in [1.82, 2.24) is 10.5 Å². The molecule has 4 rings (SSSR count). The van der Waals surface area contributed by atoms with E-state index in [1.165, 1.54) is 0 Å². The predicted molar refractivity (Wildman–Crippen MR) is 93.6 cm³/mol. The quantitative estimate of drug-likeness (QED) is 0.797. The summed E-state index contributed by atoms with van der Waals surface area (Å²) in [6.07, 6.45) is 0.743. The van der Waals surface area contributed by atoms with Crippen LogP contribution in [0.15, 0.2) is 59.1 Å². The monoisotopic (exact) mass is 334 g/mol. The molecule has 0 radical (unpaired) electrons. The van der Waals surface area contributed by atoms with Crippen LogP contribution in [0.2, 0.25) is 0 Å². The first kappa shape index (κ1) is 15.4. The van der Waals surface area contributed by atoms with Gasteiger partial charge in [0.25, 0.3) is 5.91 Å². The van der Waals surface area contributed by atoms with Crippen LogP contribution in [0.3, 0.4) is 0 Å². The van der Waals surface area contributed by atoms with Crippen LogP contribution in [-0.2, 0) is 6.42 Å². The molecule has 2 aromatic carbocycles. The van der Waals surface area contributed by atoms with Crippen molar-refractivity contribution in [3.8, 4) is 17.0 Å². The van der Waals surface area contributed by atoms with Crippen molar-refractivity contribution in [1.29, 1.82) is 0 Å². The van der Waals surface area contributed by atoms with Crippen LogP contribution < -0.4 is 10.1 Å². The fourth-order valence-corrected chi connectivity index (χ4v) is 3.11. The van der Waals surface area contributed by atoms with Crippen molar-refractivity contribution in [2.75, 3.05) is 6.61 Å². The number of amides is 1. The maximum absolute atomic E-state index is 12.8. The topological polar surface area (TPSA) is 64.4 Å². The zero-order valence-corrected chi connectivity index (χ0v) is 13.9. The molecule has 1 N–H and O–H groups in total. The van der Waals surface area contributed by atoms with Crippen LogP contribution in [0.1, 0.15) is 21.7 Å². The van der Waals surface area contributed by atoms with Gasteiger partial charge in [-0.2, -0.15) is 0 Å². The molecule has 5 heteroatoms. The summed E-state index contributed by atoms with van der Waals surface area (Å²) < 4.78 is 11.0. The van der Waals surface area contributed by atoms with Crippen molar-refractivity contribution in [3.05, 3.63) is 71.5 Å². The number of para-hydroxylation sites is 1. The van der Waals surface area contributed by atoms with Crippen molar-refractivity contribution in [3.63, 3.8) is 0 Å². The van der Waals surface area contributed by atoms with Crippen molar-refractivity contribution >= 4 is 5.91 Å². The van der Waals surface area contributed by atoms with E-state index < -0.39 is 0 Å². The minimum absolute atomic E-state index is 0.0830. The van der Waals surface area contributed by atoms with Gasteiger partial charge in [-0.3, -0.25) is 4.79 Å². The van der Waals surface area contributed by atoms with Gasteiger partial charge in [-0.1, -0.05) is 53.7 Å². The highest BCUT2D eigenvalue weighted by atomic mass is 16.5. The Balaban J connectivity index is 1.56. The molecule has 1 aliphatic heterocycles. The zero-order valence-electron chi connectivity index (χ0n) is 13.9. The number of rotatable bonds is 3. The molecule has 1 aromatic heterocycles. The highest BCUT2D eigenvalue weighted by Crippen LogP contribution is 2.27. The number of fused-ring (bicyclic) bond motifs is 1. The van der Waals surface area contributed by atoms with Crippen molar-refractivity contribution in [2.24, 2.45) is 0 Å². The number of ether oxygens (including phenoxy) is 1. The van der Waals surface area contributed by atoms with Crippen LogP contribution in [0.4, 0.5) is 0 Å². The molecule has 3 aromatic rings. The first-order valence-electron chi connectivity index (χ1n) is 8.25. The molecule has 0 aliphatic carbocycles. The smallest absolute Gasteiger partial charge is 0.257 e. The summed E-state index contributed by atoms with van der Waals surface area (Å²) in [4.78, 5) is 12.8. The Labute approximate surface area is 145 Å². The summed E-state index contributed by atoms with van der Waals surface area (Å²) in [7, 11) is 0. The van der Waals surface area contributed by atoms with E-state index >= 15 is 0 Å². The van der Waals surface area contributed by atoms with E-state index in [1.54, 1.807) is 6.92 Å². The van der Waals surface area contributed by atoms with Gasteiger partial charge in [0, 0.05) is 5.56 Å². The van der Waals surface area contributed by atoms with Gasteiger partial charge in [-0.25, -0.2) is 0 Å². The van der Waals surface area contributed by atoms with E-state index in [9.17, 15) is 4.79 Å². The van der Waals surface area contributed by atoms with Gasteiger partial charge in [0.2, 0.25) is 0 Å². The summed E-state index contributed by atoms with van der Waals surface area (Å²) in [5, 5.41) is 7.12. The van der Waals surface area contributed by atoms with Crippen LogP contribution >= 0.6 is 0 Å². The zero-order chi connectivity index (χ0) is 17.2. The Morgan fingerprint density at radius 3 is 2.72 bits per heavy atom. The molecule has 0 fully saturated rings. The van der Waals surface area contributed by atoms with E-state index in [4.69, 9.17) is 9.26 Å². The largest absolute Gasteiger partial charge is 0.491 e. The average molecular weight is 334 g/mol. The van der Waals surface area contributed by atoms with Crippen LogP contribution in [0, 0.1) is 6.92 Å². The third-order valence-electron chi connectivity index (χ3n) is 4.35. The Kier molecular flexibility index (Phi) is 3.98. The van der Waals surface area contributed by atoms with Gasteiger partial charge < -0.3 is 14.6 Å². The molecule has 0 saturated carbocycles. The summed E-state index contributed by atoms with van der Waals surface area (Å²) in [6.45, 7) is 2.20. The maximum atomic E-state index is 12.8. The van der Waals surface area contributed by atoms with Crippen LogP contribution in [0.5, 0.6) is 5.75 Å². The van der Waals surface area contributed by atoms with E-state index in [-0.39, 0.29) is 11.9 Å². The molecule has 5 nitrogen and oxygen atoms in total. The molecule has 1 atom stereocenters. The Hall–Kier alpha value is -3.08. The van der Waals surface area contributed by atoms with E-state index in [1.807, 2.05) is 54.6 Å². The number of hydrogen-bond acceptors (Lipinski definition) is 4. The fourth-order valence-electron chi connectivity index (χ4n) is 3.11. The number of hydrogen-bond donors (Lipinski definition) is 1. The van der Waals surface area contributed by atoms with Crippen LogP contribution in [0.25, 0.3) is 11.3 Å². The fraction of sp³-hybridized carbons (Fsp3) is 0.200. The summed E-state index contributed by atoms with van der Waals surface area (Å²) in [6, 6.07) is 17.4. The molecule has 1 amide bonds. The van der Waals surface area contributed by atoms with Crippen LogP contribution in [-0.4, -0.2) is 23.7 Å². The first-order valence-corrected chi connectivity index (χ1v) is 8.25. The van der Waals surface area contributed by atoms with E-state index in [2.05, 4.69) is 10.5 Å². The van der Waals surface area contributed by atoms with Crippen molar-refractivity contribution in [2.45, 2.75) is 19.4 Å². The van der Waals surface area contributed by atoms with Crippen molar-refractivity contribution < 1.29 is 14.1 Å². The minimum Gasteiger partial charge on any atom is -0.491 e. The lowest BCUT2D eigenvalue weighted by Crippen LogP contribution is -2.42. The number of benzene rings is 2. The second-order valence-electron chi connectivity index (χ2n) is 6.12.